The van der Waals surface area contributed by atoms with Crippen molar-refractivity contribution >= 4 is 17.5 Å². The molecule has 2 amide bonds. The molecular formula is C20H27N5O2. The van der Waals surface area contributed by atoms with E-state index in [4.69, 9.17) is 0 Å². The summed E-state index contributed by atoms with van der Waals surface area (Å²) >= 11 is 0. The van der Waals surface area contributed by atoms with Gasteiger partial charge in [-0.3, -0.25) is 0 Å². The molecule has 7 nitrogen and oxygen atoms in total. The van der Waals surface area contributed by atoms with Crippen LogP contribution in [-0.4, -0.2) is 47.1 Å². The van der Waals surface area contributed by atoms with Gasteiger partial charge in [-0.1, -0.05) is 26.0 Å². The molecule has 2 aromatic rings. The Morgan fingerprint density at radius 2 is 1.93 bits per heavy atom. The highest BCUT2D eigenvalue weighted by molar-refractivity contribution is 5.89. The third-order valence-electron chi connectivity index (χ3n) is 4.94. The number of aromatic nitrogens is 2. The molecule has 144 valence electrons. The number of hydrogen-bond donors (Lipinski definition) is 3. The lowest BCUT2D eigenvalue weighted by Gasteiger charge is -2.18. The first-order valence-electron chi connectivity index (χ1n) is 9.30. The number of anilines is 2. The summed E-state index contributed by atoms with van der Waals surface area (Å²) in [7, 11) is 0. The first-order chi connectivity index (χ1) is 13.0. The summed E-state index contributed by atoms with van der Waals surface area (Å²) in [5.74, 6) is 1.16. The second-order valence-electron chi connectivity index (χ2n) is 7.36. The molecule has 0 spiro atoms. The Morgan fingerprint density at radius 1 is 1.19 bits per heavy atom. The smallest absolute Gasteiger partial charge is 0.319 e. The topological polar surface area (TPSA) is 90.4 Å². The fraction of sp³-hybridized carbons (Fsp3) is 0.450. The molecule has 1 aliphatic heterocycles. The Bertz CT molecular complexity index is 761. The summed E-state index contributed by atoms with van der Waals surface area (Å²) in [5.41, 5.74) is 2.83. The molecular weight excluding hydrogens is 342 g/mol. The normalized spacial score (nSPS) is 19.4. The minimum absolute atomic E-state index is 0.00379. The Balaban J connectivity index is 1.59. The van der Waals surface area contributed by atoms with Crippen LogP contribution < -0.4 is 15.5 Å². The van der Waals surface area contributed by atoms with E-state index in [-0.39, 0.29) is 24.6 Å². The lowest BCUT2D eigenvalue weighted by Crippen LogP contribution is -2.43. The van der Waals surface area contributed by atoms with E-state index in [2.05, 4.69) is 34.7 Å². The first kappa shape index (κ1) is 19.1. The van der Waals surface area contributed by atoms with E-state index < -0.39 is 0 Å². The number of aliphatic hydroxyl groups is 1. The number of urea groups is 1. The second kappa shape index (κ2) is 8.35. The van der Waals surface area contributed by atoms with Gasteiger partial charge < -0.3 is 20.6 Å². The number of amides is 2. The van der Waals surface area contributed by atoms with Gasteiger partial charge in [0.25, 0.3) is 0 Å². The molecule has 27 heavy (non-hydrogen) atoms. The summed E-state index contributed by atoms with van der Waals surface area (Å²) in [5, 5.41) is 23.8. The largest absolute Gasteiger partial charge is 0.396 e. The van der Waals surface area contributed by atoms with E-state index in [9.17, 15) is 9.90 Å². The zero-order valence-electron chi connectivity index (χ0n) is 16.0. The maximum atomic E-state index is 12.4. The van der Waals surface area contributed by atoms with Gasteiger partial charge in [0.2, 0.25) is 0 Å². The number of carbonyl (C=O) groups excluding carboxylic acids is 1. The van der Waals surface area contributed by atoms with Crippen LogP contribution in [0.2, 0.25) is 0 Å². The van der Waals surface area contributed by atoms with Gasteiger partial charge in [0.05, 0.1) is 11.7 Å². The average molecular weight is 369 g/mol. The Kier molecular flexibility index (Phi) is 5.91. The van der Waals surface area contributed by atoms with Gasteiger partial charge in [0, 0.05) is 31.3 Å². The lowest BCUT2D eigenvalue weighted by atomic mass is 10.0. The summed E-state index contributed by atoms with van der Waals surface area (Å²) < 4.78 is 0. The van der Waals surface area contributed by atoms with Crippen LogP contribution in [0.5, 0.6) is 0 Å². The number of nitrogens with one attached hydrogen (secondary N) is 2. The van der Waals surface area contributed by atoms with Crippen molar-refractivity contribution < 1.29 is 9.90 Å². The molecule has 1 saturated heterocycles. The molecule has 2 atom stereocenters. The van der Waals surface area contributed by atoms with Gasteiger partial charge in [-0.05, 0) is 42.7 Å². The van der Waals surface area contributed by atoms with Gasteiger partial charge in [-0.15, -0.1) is 5.10 Å². The molecule has 0 saturated carbocycles. The van der Waals surface area contributed by atoms with E-state index in [0.29, 0.717) is 19.0 Å². The summed E-state index contributed by atoms with van der Waals surface area (Å²) in [6.45, 7) is 7.37. The number of hydrogen-bond acceptors (Lipinski definition) is 5. The monoisotopic (exact) mass is 369 g/mol. The van der Waals surface area contributed by atoms with Crippen LogP contribution in [-0.2, 0) is 0 Å². The molecule has 0 aliphatic carbocycles. The molecule has 1 aliphatic rings. The van der Waals surface area contributed by atoms with Crippen molar-refractivity contribution in [3.63, 3.8) is 0 Å². The average Bonchev–Trinajstić information content (AvgIpc) is 3.05. The van der Waals surface area contributed by atoms with Gasteiger partial charge >= 0.3 is 6.03 Å². The molecule has 0 unspecified atom stereocenters. The quantitative estimate of drug-likeness (QED) is 0.753. The van der Waals surface area contributed by atoms with Gasteiger partial charge in [-0.25, -0.2) is 4.79 Å². The zero-order valence-corrected chi connectivity index (χ0v) is 16.0. The number of benzene rings is 1. The number of aliphatic hydroxyl groups excluding tert-OH is 1. The van der Waals surface area contributed by atoms with Crippen molar-refractivity contribution in [1.82, 2.24) is 15.5 Å². The number of nitrogens with zero attached hydrogens (tertiary/aromatic N) is 3. The summed E-state index contributed by atoms with van der Waals surface area (Å²) in [6.07, 6.45) is 0. The molecule has 1 fully saturated rings. The third kappa shape index (κ3) is 4.74. The Hall–Kier alpha value is -2.67. The van der Waals surface area contributed by atoms with Gasteiger partial charge in [-0.2, -0.15) is 5.10 Å². The maximum absolute atomic E-state index is 12.4. The van der Waals surface area contributed by atoms with E-state index in [1.54, 1.807) is 0 Å². The first-order valence-corrected chi connectivity index (χ1v) is 9.30. The third-order valence-corrected chi connectivity index (χ3v) is 4.94. The Morgan fingerprint density at radius 3 is 2.52 bits per heavy atom. The van der Waals surface area contributed by atoms with E-state index in [0.717, 1.165) is 17.2 Å². The molecule has 3 rings (SSSR count). The summed E-state index contributed by atoms with van der Waals surface area (Å²) in [4.78, 5) is 14.4. The second-order valence-corrected chi connectivity index (χ2v) is 7.36. The standard InChI is InChI=1S/C20H27N5O2/c1-13(2)15-5-7-17(8-6-15)21-20(27)22-18-11-25(10-16(18)12-26)19-9-4-14(3)23-24-19/h4-9,13,16,18,26H,10-12H2,1-3H3,(H2,21,22,27)/t16-,18+/m0/s1. The van der Waals surface area contributed by atoms with Crippen molar-refractivity contribution in [2.45, 2.75) is 32.7 Å². The fourth-order valence-corrected chi connectivity index (χ4v) is 3.25. The van der Waals surface area contributed by atoms with E-state index in [1.807, 2.05) is 48.2 Å². The van der Waals surface area contributed by atoms with Crippen molar-refractivity contribution in [3.05, 3.63) is 47.7 Å². The van der Waals surface area contributed by atoms with Crippen molar-refractivity contribution in [3.8, 4) is 0 Å². The SMILES string of the molecule is Cc1ccc(N2C[C@@H](CO)[C@H](NC(=O)Nc3ccc(C(C)C)cc3)C2)nn1. The van der Waals surface area contributed by atoms with Crippen molar-refractivity contribution in [2.24, 2.45) is 5.92 Å². The van der Waals surface area contributed by atoms with Gasteiger partial charge in [0.1, 0.15) is 0 Å². The predicted molar refractivity (Wildman–Crippen MR) is 106 cm³/mol. The molecule has 1 aromatic carbocycles. The van der Waals surface area contributed by atoms with Crippen molar-refractivity contribution in [2.75, 3.05) is 29.9 Å². The van der Waals surface area contributed by atoms with E-state index in [1.165, 1.54) is 5.56 Å². The fourth-order valence-electron chi connectivity index (χ4n) is 3.25. The van der Waals surface area contributed by atoms with Crippen molar-refractivity contribution in [1.29, 1.82) is 0 Å². The highest BCUT2D eigenvalue weighted by Gasteiger charge is 2.34. The van der Waals surface area contributed by atoms with Crippen LogP contribution in [0.15, 0.2) is 36.4 Å². The molecule has 0 radical (unpaired) electrons. The maximum Gasteiger partial charge on any atom is 0.319 e. The number of rotatable bonds is 5. The molecule has 3 N–H and O–H groups in total. The highest BCUT2D eigenvalue weighted by Crippen LogP contribution is 2.22. The lowest BCUT2D eigenvalue weighted by molar-refractivity contribution is 0.211. The zero-order chi connectivity index (χ0) is 19.4. The van der Waals surface area contributed by atoms with Crippen LogP contribution in [0.3, 0.4) is 0 Å². The minimum Gasteiger partial charge on any atom is -0.396 e. The van der Waals surface area contributed by atoms with Crippen LogP contribution in [0.1, 0.15) is 31.0 Å². The van der Waals surface area contributed by atoms with Gasteiger partial charge in [0.15, 0.2) is 5.82 Å². The van der Waals surface area contributed by atoms with Crippen LogP contribution >= 0.6 is 0 Å². The number of carbonyl (C=O) groups is 1. The van der Waals surface area contributed by atoms with E-state index >= 15 is 0 Å². The summed E-state index contributed by atoms with van der Waals surface area (Å²) in [6, 6.07) is 11.2. The predicted octanol–water partition coefficient (Wildman–Crippen LogP) is 2.53. The minimum atomic E-state index is -0.271. The molecule has 2 heterocycles. The molecule has 1 aromatic heterocycles. The van der Waals surface area contributed by atoms with Crippen LogP contribution in [0.25, 0.3) is 0 Å². The molecule has 7 heteroatoms. The number of aryl methyl sites for hydroxylation is 1. The molecule has 0 bridgehead atoms. The van der Waals surface area contributed by atoms with Crippen LogP contribution in [0, 0.1) is 12.8 Å². The van der Waals surface area contributed by atoms with Crippen LogP contribution in [0.4, 0.5) is 16.3 Å². The highest BCUT2D eigenvalue weighted by atomic mass is 16.3. The Labute approximate surface area is 159 Å².